The Morgan fingerprint density at radius 2 is 1.88 bits per heavy atom. The summed E-state index contributed by atoms with van der Waals surface area (Å²) < 4.78 is 28.0. The fraction of sp³-hybridized carbons (Fsp3) is 0.500. The first-order valence-corrected chi connectivity index (χ1v) is 11.4. The van der Waals surface area contributed by atoms with Crippen molar-refractivity contribution in [3.05, 3.63) is 53.6 Å². The van der Waals surface area contributed by atoms with E-state index in [0.29, 0.717) is 50.0 Å². The summed E-state index contributed by atoms with van der Waals surface area (Å²) in [5, 5.41) is 0. The van der Waals surface area contributed by atoms with Gasteiger partial charge in [-0.05, 0) is 54.8 Å². The van der Waals surface area contributed by atoms with Gasteiger partial charge in [0, 0.05) is 30.7 Å². The summed E-state index contributed by atoms with van der Waals surface area (Å²) in [6.07, 6.45) is 2.04. The molecule has 7 nitrogen and oxygen atoms in total. The number of nitrogens with zero attached hydrogens (tertiary/aromatic N) is 1. The van der Waals surface area contributed by atoms with Gasteiger partial charge in [0.15, 0.2) is 11.5 Å². The molecule has 2 fully saturated rings. The highest BCUT2D eigenvalue weighted by Gasteiger charge is 2.34. The summed E-state index contributed by atoms with van der Waals surface area (Å²) in [6, 6.07) is 13.0. The number of benzene rings is 2. The summed E-state index contributed by atoms with van der Waals surface area (Å²) in [6.45, 7) is 5.83. The third kappa shape index (κ3) is 5.78. The van der Waals surface area contributed by atoms with Crippen LogP contribution in [0.4, 0.5) is 0 Å². The van der Waals surface area contributed by atoms with Gasteiger partial charge in [-0.1, -0.05) is 13.0 Å². The van der Waals surface area contributed by atoms with Crippen molar-refractivity contribution < 1.29 is 28.5 Å². The molecule has 0 spiro atoms. The molecule has 4 rings (SSSR count). The SMILES string of the molecule is COc1ccc(C(=O)N(Cc2ccc(OC)c(OCC3(C)COC3)c2)CC2CCCO2)cc1. The van der Waals surface area contributed by atoms with Crippen LogP contribution in [-0.4, -0.2) is 64.1 Å². The smallest absolute Gasteiger partial charge is 0.254 e. The quantitative estimate of drug-likeness (QED) is 0.541. The van der Waals surface area contributed by atoms with Crippen molar-refractivity contribution in [1.29, 1.82) is 0 Å². The third-order valence-electron chi connectivity index (χ3n) is 6.15. The summed E-state index contributed by atoms with van der Waals surface area (Å²) in [5.41, 5.74) is 1.62. The largest absolute Gasteiger partial charge is 0.497 e. The molecule has 178 valence electrons. The summed E-state index contributed by atoms with van der Waals surface area (Å²) in [7, 11) is 3.25. The van der Waals surface area contributed by atoms with E-state index in [1.807, 2.05) is 35.2 Å². The average Bonchev–Trinajstić information content (AvgIpc) is 3.34. The van der Waals surface area contributed by atoms with Crippen molar-refractivity contribution in [2.45, 2.75) is 32.4 Å². The van der Waals surface area contributed by atoms with Crippen molar-refractivity contribution in [2.75, 3.05) is 47.2 Å². The number of hydrogen-bond donors (Lipinski definition) is 0. The van der Waals surface area contributed by atoms with E-state index in [2.05, 4.69) is 6.92 Å². The lowest BCUT2D eigenvalue weighted by Crippen LogP contribution is -2.44. The summed E-state index contributed by atoms with van der Waals surface area (Å²) >= 11 is 0. The lowest BCUT2D eigenvalue weighted by Gasteiger charge is -2.37. The monoisotopic (exact) mass is 455 g/mol. The second-order valence-corrected chi connectivity index (χ2v) is 9.13. The van der Waals surface area contributed by atoms with Gasteiger partial charge in [-0.3, -0.25) is 4.79 Å². The number of amides is 1. The van der Waals surface area contributed by atoms with E-state index in [4.69, 9.17) is 23.7 Å². The van der Waals surface area contributed by atoms with Gasteiger partial charge in [0.1, 0.15) is 5.75 Å². The molecule has 1 unspecified atom stereocenters. The van der Waals surface area contributed by atoms with Crippen LogP contribution in [0, 0.1) is 5.41 Å². The molecular weight excluding hydrogens is 422 g/mol. The van der Waals surface area contributed by atoms with Gasteiger partial charge in [-0.2, -0.15) is 0 Å². The maximum atomic E-state index is 13.4. The van der Waals surface area contributed by atoms with Crippen LogP contribution in [0.15, 0.2) is 42.5 Å². The van der Waals surface area contributed by atoms with E-state index in [1.54, 1.807) is 26.4 Å². The molecule has 0 saturated carbocycles. The van der Waals surface area contributed by atoms with Gasteiger partial charge in [0.25, 0.3) is 5.91 Å². The molecule has 0 aromatic heterocycles. The van der Waals surface area contributed by atoms with Crippen LogP contribution in [0.2, 0.25) is 0 Å². The van der Waals surface area contributed by atoms with E-state index in [9.17, 15) is 4.79 Å². The molecular formula is C26H33NO6. The van der Waals surface area contributed by atoms with Crippen LogP contribution in [0.25, 0.3) is 0 Å². The van der Waals surface area contributed by atoms with Gasteiger partial charge in [0.05, 0.1) is 40.1 Å². The number of carbonyl (C=O) groups is 1. The van der Waals surface area contributed by atoms with Gasteiger partial charge < -0.3 is 28.6 Å². The van der Waals surface area contributed by atoms with Gasteiger partial charge in [0.2, 0.25) is 0 Å². The molecule has 0 N–H and O–H groups in total. The summed E-state index contributed by atoms with van der Waals surface area (Å²) in [5.74, 6) is 2.04. The van der Waals surface area contributed by atoms with Crippen molar-refractivity contribution in [1.82, 2.24) is 4.90 Å². The zero-order chi connectivity index (χ0) is 23.3. The first kappa shape index (κ1) is 23.4. The molecule has 0 radical (unpaired) electrons. The Hall–Kier alpha value is -2.77. The summed E-state index contributed by atoms with van der Waals surface area (Å²) in [4.78, 5) is 15.3. The van der Waals surface area contributed by atoms with Crippen molar-refractivity contribution in [2.24, 2.45) is 5.41 Å². The Labute approximate surface area is 195 Å². The number of ether oxygens (including phenoxy) is 5. The standard InChI is InChI=1S/C26H33NO6/c1-26(16-31-17-26)18-33-24-13-19(6-11-23(24)30-3)14-27(15-22-5-4-12-32-22)25(28)20-7-9-21(29-2)10-8-20/h6-11,13,22H,4-5,12,14-18H2,1-3H3. The van der Waals surface area contributed by atoms with Gasteiger partial charge in [-0.25, -0.2) is 0 Å². The molecule has 0 aliphatic carbocycles. The molecule has 33 heavy (non-hydrogen) atoms. The fourth-order valence-electron chi connectivity index (χ4n) is 4.11. The number of hydrogen-bond acceptors (Lipinski definition) is 6. The van der Waals surface area contributed by atoms with E-state index < -0.39 is 0 Å². The highest BCUT2D eigenvalue weighted by molar-refractivity contribution is 5.94. The first-order chi connectivity index (χ1) is 16.0. The maximum Gasteiger partial charge on any atom is 0.254 e. The topological polar surface area (TPSA) is 66.5 Å². The lowest BCUT2D eigenvalue weighted by molar-refractivity contribution is -0.120. The molecule has 2 aliphatic rings. The van der Waals surface area contributed by atoms with Crippen LogP contribution in [0.1, 0.15) is 35.7 Å². The van der Waals surface area contributed by atoms with Crippen LogP contribution in [0.3, 0.4) is 0 Å². The van der Waals surface area contributed by atoms with Gasteiger partial charge >= 0.3 is 0 Å². The second kappa shape index (κ2) is 10.4. The molecule has 2 aliphatic heterocycles. The van der Waals surface area contributed by atoms with Crippen molar-refractivity contribution in [3.63, 3.8) is 0 Å². The Balaban J connectivity index is 1.52. The zero-order valence-electron chi connectivity index (χ0n) is 19.7. The second-order valence-electron chi connectivity index (χ2n) is 9.13. The average molecular weight is 456 g/mol. The van der Waals surface area contributed by atoms with E-state index in [-0.39, 0.29) is 17.4 Å². The van der Waals surface area contributed by atoms with Crippen LogP contribution in [-0.2, 0) is 16.0 Å². The van der Waals surface area contributed by atoms with E-state index in [1.165, 1.54) is 0 Å². The minimum Gasteiger partial charge on any atom is -0.497 e. The van der Waals surface area contributed by atoms with Crippen molar-refractivity contribution >= 4 is 5.91 Å². The van der Waals surface area contributed by atoms with E-state index in [0.717, 1.165) is 30.8 Å². The first-order valence-electron chi connectivity index (χ1n) is 11.4. The molecule has 0 bridgehead atoms. The van der Waals surface area contributed by atoms with Gasteiger partial charge in [-0.15, -0.1) is 0 Å². The Bertz CT molecular complexity index is 934. The molecule has 1 amide bonds. The van der Waals surface area contributed by atoms with Crippen LogP contribution >= 0.6 is 0 Å². The molecule has 7 heteroatoms. The highest BCUT2D eigenvalue weighted by atomic mass is 16.5. The molecule has 1 atom stereocenters. The van der Waals surface area contributed by atoms with Crippen LogP contribution < -0.4 is 14.2 Å². The molecule has 2 aromatic carbocycles. The Morgan fingerprint density at radius 3 is 2.48 bits per heavy atom. The number of carbonyl (C=O) groups excluding carboxylic acids is 1. The predicted octanol–water partition coefficient (Wildman–Crippen LogP) is 3.94. The highest BCUT2D eigenvalue weighted by Crippen LogP contribution is 2.33. The van der Waals surface area contributed by atoms with Crippen molar-refractivity contribution in [3.8, 4) is 17.2 Å². The Morgan fingerprint density at radius 1 is 1.09 bits per heavy atom. The lowest BCUT2D eigenvalue weighted by atomic mass is 9.90. The minimum atomic E-state index is -0.0365. The minimum absolute atomic E-state index is 0.0250. The zero-order valence-corrected chi connectivity index (χ0v) is 19.7. The number of methoxy groups -OCH3 is 2. The fourth-order valence-corrected chi connectivity index (χ4v) is 4.11. The Kier molecular flexibility index (Phi) is 7.40. The molecule has 2 heterocycles. The predicted molar refractivity (Wildman–Crippen MR) is 124 cm³/mol. The number of rotatable bonds is 10. The van der Waals surface area contributed by atoms with E-state index >= 15 is 0 Å². The molecule has 2 aromatic rings. The normalized spacial score (nSPS) is 18.9. The maximum absolute atomic E-state index is 13.4. The molecule has 2 saturated heterocycles. The third-order valence-corrected chi connectivity index (χ3v) is 6.15. The van der Waals surface area contributed by atoms with Crippen LogP contribution in [0.5, 0.6) is 17.2 Å².